The van der Waals surface area contributed by atoms with Gasteiger partial charge in [0.05, 0.1) is 19.9 Å². The van der Waals surface area contributed by atoms with E-state index in [2.05, 4.69) is 45.0 Å². The van der Waals surface area contributed by atoms with Crippen LogP contribution in [0, 0.1) is 11.8 Å². The number of anilines is 1. The van der Waals surface area contributed by atoms with Gasteiger partial charge in [-0.2, -0.15) is 0 Å². The van der Waals surface area contributed by atoms with Gasteiger partial charge in [0.2, 0.25) is 0 Å². The number of hydrogen-bond donors (Lipinski definition) is 1. The fourth-order valence-corrected chi connectivity index (χ4v) is 5.01. The first-order valence-corrected chi connectivity index (χ1v) is 11.0. The third-order valence-corrected chi connectivity index (χ3v) is 6.40. The Kier molecular flexibility index (Phi) is 6.95. The van der Waals surface area contributed by atoms with Gasteiger partial charge in [0, 0.05) is 30.6 Å². The molecule has 2 heterocycles. The van der Waals surface area contributed by atoms with E-state index in [1.807, 2.05) is 5.38 Å². The van der Waals surface area contributed by atoms with Gasteiger partial charge >= 0.3 is 0 Å². The van der Waals surface area contributed by atoms with Crippen LogP contribution in [0.4, 0.5) is 5.13 Å². The van der Waals surface area contributed by atoms with Gasteiger partial charge in [-0.3, -0.25) is 15.0 Å². The van der Waals surface area contributed by atoms with Gasteiger partial charge in [0.25, 0.3) is 5.91 Å². The average Bonchev–Trinajstić information content (AvgIpc) is 3.07. The summed E-state index contributed by atoms with van der Waals surface area (Å²) in [6, 6.07) is 3.35. The summed E-state index contributed by atoms with van der Waals surface area (Å²) in [5, 5.41) is 5.49. The van der Waals surface area contributed by atoms with Crippen molar-refractivity contribution < 1.29 is 14.3 Å². The third kappa shape index (κ3) is 5.04. The molecule has 0 aliphatic carbocycles. The van der Waals surface area contributed by atoms with Crippen LogP contribution in [0.5, 0.6) is 11.5 Å². The lowest BCUT2D eigenvalue weighted by molar-refractivity contribution is 0.102. The predicted molar refractivity (Wildman–Crippen MR) is 116 cm³/mol. The van der Waals surface area contributed by atoms with Crippen molar-refractivity contribution in [1.29, 1.82) is 0 Å². The number of likely N-dealkylation sites (tertiary alicyclic amines) is 1. The van der Waals surface area contributed by atoms with Gasteiger partial charge < -0.3 is 9.47 Å². The van der Waals surface area contributed by atoms with Crippen LogP contribution in [-0.2, 0) is 6.54 Å². The lowest BCUT2D eigenvalue weighted by atomic mass is 9.92. The number of nitrogens with one attached hydrogen (secondary N) is 1. The summed E-state index contributed by atoms with van der Waals surface area (Å²) in [4.78, 5) is 19.7. The van der Waals surface area contributed by atoms with E-state index < -0.39 is 0 Å². The van der Waals surface area contributed by atoms with E-state index in [-0.39, 0.29) is 5.91 Å². The van der Waals surface area contributed by atoms with Crippen molar-refractivity contribution >= 4 is 38.3 Å². The summed E-state index contributed by atoms with van der Waals surface area (Å²) in [6.07, 6.45) is 1.29. The number of carbonyl (C=O) groups is 1. The smallest absolute Gasteiger partial charge is 0.257 e. The van der Waals surface area contributed by atoms with Crippen molar-refractivity contribution in [2.45, 2.75) is 26.8 Å². The summed E-state index contributed by atoms with van der Waals surface area (Å²) >= 11 is 4.86. The number of benzene rings is 1. The molecule has 3 rings (SSSR count). The van der Waals surface area contributed by atoms with Crippen molar-refractivity contribution in [1.82, 2.24) is 9.88 Å². The van der Waals surface area contributed by atoms with Crippen LogP contribution in [0.1, 0.15) is 36.3 Å². The Labute approximate surface area is 178 Å². The molecule has 0 radical (unpaired) electrons. The van der Waals surface area contributed by atoms with E-state index in [0.29, 0.717) is 38.5 Å². The van der Waals surface area contributed by atoms with Crippen LogP contribution < -0.4 is 14.8 Å². The monoisotopic (exact) mass is 467 g/mol. The van der Waals surface area contributed by atoms with E-state index in [1.165, 1.54) is 17.8 Å². The summed E-state index contributed by atoms with van der Waals surface area (Å²) in [5.74, 6) is 2.26. The Morgan fingerprint density at radius 3 is 2.43 bits per heavy atom. The number of carbonyl (C=O) groups excluding carboxylic acids is 1. The number of amides is 1. The van der Waals surface area contributed by atoms with Crippen LogP contribution >= 0.6 is 27.3 Å². The standard InChI is InChI=1S/C20H26BrN3O3S/c1-12-5-13(2)9-24(8-12)10-15-11-28-20(22-15)23-19(25)14-6-16(26-3)18(21)17(7-14)27-4/h6-7,11-13H,5,8-10H2,1-4H3,(H,22,23,25)/t12-,13-/m0/s1. The minimum Gasteiger partial charge on any atom is -0.495 e. The molecule has 28 heavy (non-hydrogen) atoms. The lowest BCUT2D eigenvalue weighted by Gasteiger charge is -2.34. The van der Waals surface area contributed by atoms with Crippen LogP contribution in [0.25, 0.3) is 0 Å². The minimum absolute atomic E-state index is 0.245. The van der Waals surface area contributed by atoms with Gasteiger partial charge in [0.1, 0.15) is 16.0 Å². The molecule has 1 fully saturated rings. The van der Waals surface area contributed by atoms with Crippen LogP contribution in [0.3, 0.4) is 0 Å². The van der Waals surface area contributed by atoms with Crippen LogP contribution in [0.2, 0.25) is 0 Å². The number of methoxy groups -OCH3 is 2. The number of nitrogens with zero attached hydrogens (tertiary/aromatic N) is 2. The largest absolute Gasteiger partial charge is 0.495 e. The average molecular weight is 468 g/mol. The Balaban J connectivity index is 1.67. The molecule has 0 bridgehead atoms. The van der Waals surface area contributed by atoms with E-state index in [4.69, 9.17) is 9.47 Å². The molecule has 6 nitrogen and oxygen atoms in total. The first-order valence-electron chi connectivity index (χ1n) is 9.29. The molecule has 0 unspecified atom stereocenters. The molecular formula is C20H26BrN3O3S. The number of thiazole rings is 1. The topological polar surface area (TPSA) is 63.7 Å². The maximum absolute atomic E-state index is 12.7. The highest BCUT2D eigenvalue weighted by Gasteiger charge is 2.22. The number of piperidine rings is 1. The number of hydrogen-bond acceptors (Lipinski definition) is 6. The fourth-order valence-electron chi connectivity index (χ4n) is 3.76. The zero-order valence-electron chi connectivity index (χ0n) is 16.6. The predicted octanol–water partition coefficient (Wildman–Crippen LogP) is 4.65. The number of aromatic nitrogens is 1. The molecule has 1 saturated heterocycles. The molecule has 0 spiro atoms. The second-order valence-electron chi connectivity index (χ2n) is 7.43. The normalized spacial score (nSPS) is 20.0. The maximum atomic E-state index is 12.7. The zero-order valence-corrected chi connectivity index (χ0v) is 19.0. The number of rotatable bonds is 6. The molecule has 1 aromatic heterocycles. The third-order valence-electron chi connectivity index (χ3n) is 4.81. The molecule has 1 aliphatic heterocycles. The van der Waals surface area contributed by atoms with E-state index in [1.54, 1.807) is 26.4 Å². The molecule has 1 amide bonds. The Bertz CT molecular complexity index is 807. The molecule has 2 atom stereocenters. The summed E-state index contributed by atoms with van der Waals surface area (Å²) in [6.45, 7) is 7.62. The summed E-state index contributed by atoms with van der Waals surface area (Å²) < 4.78 is 11.3. The highest BCUT2D eigenvalue weighted by atomic mass is 79.9. The molecule has 1 N–H and O–H groups in total. The van der Waals surface area contributed by atoms with Crippen molar-refractivity contribution in [3.05, 3.63) is 33.2 Å². The molecule has 0 saturated carbocycles. The number of halogens is 1. The molecular weight excluding hydrogens is 442 g/mol. The van der Waals surface area contributed by atoms with Crippen molar-refractivity contribution in [2.75, 3.05) is 32.6 Å². The second kappa shape index (κ2) is 9.24. The minimum atomic E-state index is -0.245. The molecule has 152 valence electrons. The van der Waals surface area contributed by atoms with Crippen LogP contribution in [-0.4, -0.2) is 43.1 Å². The fraction of sp³-hybridized carbons (Fsp3) is 0.500. The van der Waals surface area contributed by atoms with Gasteiger partial charge in [0.15, 0.2) is 5.13 Å². The van der Waals surface area contributed by atoms with Gasteiger partial charge in [-0.25, -0.2) is 4.98 Å². The Morgan fingerprint density at radius 2 is 1.86 bits per heavy atom. The van der Waals surface area contributed by atoms with Crippen molar-refractivity contribution in [2.24, 2.45) is 11.8 Å². The summed E-state index contributed by atoms with van der Waals surface area (Å²) in [7, 11) is 3.10. The lowest BCUT2D eigenvalue weighted by Crippen LogP contribution is -2.38. The molecule has 2 aromatic rings. The molecule has 1 aliphatic rings. The maximum Gasteiger partial charge on any atom is 0.257 e. The van der Waals surface area contributed by atoms with Crippen LogP contribution in [0.15, 0.2) is 22.0 Å². The molecule has 8 heteroatoms. The Hall–Kier alpha value is -1.64. The van der Waals surface area contributed by atoms with E-state index >= 15 is 0 Å². The quantitative estimate of drug-likeness (QED) is 0.669. The highest BCUT2D eigenvalue weighted by Crippen LogP contribution is 2.36. The van der Waals surface area contributed by atoms with Gasteiger partial charge in [-0.1, -0.05) is 13.8 Å². The first kappa shape index (κ1) is 21.1. The second-order valence-corrected chi connectivity index (χ2v) is 9.08. The van der Waals surface area contributed by atoms with E-state index in [0.717, 1.165) is 25.3 Å². The van der Waals surface area contributed by atoms with Gasteiger partial charge in [-0.05, 0) is 46.3 Å². The van der Waals surface area contributed by atoms with Crippen molar-refractivity contribution in [3.63, 3.8) is 0 Å². The summed E-state index contributed by atoms with van der Waals surface area (Å²) in [5.41, 5.74) is 1.44. The van der Waals surface area contributed by atoms with Crippen molar-refractivity contribution in [3.8, 4) is 11.5 Å². The van der Waals surface area contributed by atoms with E-state index in [9.17, 15) is 4.79 Å². The van der Waals surface area contributed by atoms with Gasteiger partial charge in [-0.15, -0.1) is 11.3 Å². The first-order chi connectivity index (χ1) is 13.4. The molecule has 1 aromatic carbocycles. The Morgan fingerprint density at radius 1 is 1.25 bits per heavy atom. The zero-order chi connectivity index (χ0) is 20.3. The SMILES string of the molecule is COc1cc(C(=O)Nc2nc(CN3C[C@@H](C)C[C@H](C)C3)cs2)cc(OC)c1Br. The highest BCUT2D eigenvalue weighted by molar-refractivity contribution is 9.10. The number of ether oxygens (including phenoxy) is 2.